The highest BCUT2D eigenvalue weighted by Gasteiger charge is 2.50. The molecule has 30 heavy (non-hydrogen) atoms. The largest absolute Gasteiger partial charge is 0.491 e. The normalized spacial score (nSPS) is 17.3. The molecular weight excluding hydrogens is 428 g/mol. The topological polar surface area (TPSA) is 92.8 Å². The minimum absolute atomic E-state index is 0.0272. The van der Waals surface area contributed by atoms with Crippen molar-refractivity contribution in [2.45, 2.75) is 33.8 Å². The fraction of sp³-hybridized carbons (Fsp3) is 0.333. The maximum atomic E-state index is 12.7. The Bertz CT molecular complexity index is 1090. The molecule has 2 aromatic carbocycles. The van der Waals surface area contributed by atoms with E-state index in [9.17, 15) is 18.0 Å². The Morgan fingerprint density at radius 2 is 1.80 bits per heavy atom. The molecule has 3 rings (SSSR count). The molecule has 160 valence electrons. The summed E-state index contributed by atoms with van der Waals surface area (Å²) in [6.07, 6.45) is 0.0347. The summed E-state index contributed by atoms with van der Waals surface area (Å²) in [5.41, 5.74) is -0.385. The van der Waals surface area contributed by atoms with E-state index in [2.05, 4.69) is 5.32 Å². The van der Waals surface area contributed by atoms with Gasteiger partial charge in [0.15, 0.2) is 0 Å². The predicted octanol–water partition coefficient (Wildman–Crippen LogP) is 4.08. The lowest BCUT2D eigenvalue weighted by Crippen LogP contribution is -2.33. The Balaban J connectivity index is 1.86. The fourth-order valence-corrected chi connectivity index (χ4v) is 5.51. The number of carbonyl (C=O) groups is 2. The lowest BCUT2D eigenvalue weighted by molar-refractivity contribution is -0.123. The molecule has 0 saturated carbocycles. The van der Waals surface area contributed by atoms with Gasteiger partial charge in [-0.3, -0.25) is 9.59 Å². The van der Waals surface area contributed by atoms with Gasteiger partial charge < -0.3 is 10.1 Å². The smallest absolute Gasteiger partial charge is 0.255 e. The van der Waals surface area contributed by atoms with Crippen LogP contribution < -0.4 is 14.4 Å². The van der Waals surface area contributed by atoms with Crippen molar-refractivity contribution in [1.29, 1.82) is 0 Å². The van der Waals surface area contributed by atoms with Crippen LogP contribution in [0.15, 0.2) is 42.5 Å². The van der Waals surface area contributed by atoms with E-state index in [0.29, 0.717) is 15.7 Å². The van der Waals surface area contributed by atoms with Crippen molar-refractivity contribution in [3.8, 4) is 5.75 Å². The number of carbonyl (C=O) groups excluding carboxylic acids is 2. The summed E-state index contributed by atoms with van der Waals surface area (Å²) in [6.45, 7) is 6.95. The average Bonchev–Trinajstić information content (AvgIpc) is 2.79. The number of nitrogens with zero attached hydrogens (tertiary/aromatic N) is 1. The van der Waals surface area contributed by atoms with Gasteiger partial charge in [-0.1, -0.05) is 11.6 Å². The quantitative estimate of drug-likeness (QED) is 0.740. The van der Waals surface area contributed by atoms with Crippen LogP contribution >= 0.6 is 11.6 Å². The maximum Gasteiger partial charge on any atom is 0.255 e. The van der Waals surface area contributed by atoms with Crippen molar-refractivity contribution in [2.24, 2.45) is 5.41 Å². The molecule has 1 aliphatic rings. The second kappa shape index (κ2) is 7.92. The van der Waals surface area contributed by atoms with Crippen LogP contribution in [-0.4, -0.2) is 32.1 Å². The molecule has 7 nitrogen and oxygen atoms in total. The molecule has 0 aromatic heterocycles. The summed E-state index contributed by atoms with van der Waals surface area (Å²) < 4.78 is 31.4. The third-order valence-electron chi connectivity index (χ3n) is 4.50. The van der Waals surface area contributed by atoms with Crippen molar-refractivity contribution in [1.82, 2.24) is 0 Å². The fourth-order valence-electron chi connectivity index (χ4n) is 3.14. The number of benzene rings is 2. The minimum atomic E-state index is -3.88. The minimum Gasteiger partial charge on any atom is -0.491 e. The first-order chi connectivity index (χ1) is 13.9. The number of ether oxygens (including phenoxy) is 1. The summed E-state index contributed by atoms with van der Waals surface area (Å²) in [5, 5.41) is 2.80. The number of amides is 2. The Labute approximate surface area is 181 Å². The summed E-state index contributed by atoms with van der Waals surface area (Å²) in [7, 11) is -3.88. The number of nitrogens with one attached hydrogen (secondary N) is 1. The van der Waals surface area contributed by atoms with E-state index in [-0.39, 0.29) is 28.1 Å². The molecule has 0 atom stereocenters. The van der Waals surface area contributed by atoms with Crippen LogP contribution in [0.3, 0.4) is 0 Å². The number of rotatable bonds is 5. The highest BCUT2D eigenvalue weighted by Crippen LogP contribution is 2.39. The summed E-state index contributed by atoms with van der Waals surface area (Å²) in [4.78, 5) is 25.3. The van der Waals surface area contributed by atoms with Crippen molar-refractivity contribution >= 4 is 44.8 Å². The van der Waals surface area contributed by atoms with Crippen LogP contribution in [0.5, 0.6) is 5.75 Å². The first-order valence-electron chi connectivity index (χ1n) is 9.36. The number of hydrogen-bond donors (Lipinski definition) is 1. The Hall–Kier alpha value is -2.58. The molecule has 0 aliphatic carbocycles. The molecule has 1 saturated heterocycles. The molecule has 0 unspecified atom stereocenters. The molecule has 2 amide bonds. The third kappa shape index (κ3) is 4.44. The lowest BCUT2D eigenvalue weighted by Gasteiger charge is -2.19. The first-order valence-corrected chi connectivity index (χ1v) is 11.3. The number of halogens is 1. The first kappa shape index (κ1) is 22.1. The van der Waals surface area contributed by atoms with E-state index in [1.54, 1.807) is 38.1 Å². The van der Waals surface area contributed by atoms with E-state index in [1.807, 2.05) is 13.8 Å². The van der Waals surface area contributed by atoms with Crippen molar-refractivity contribution < 1.29 is 22.7 Å². The molecule has 1 N–H and O–H groups in total. The maximum absolute atomic E-state index is 12.7. The van der Waals surface area contributed by atoms with Gasteiger partial charge in [-0.2, -0.15) is 0 Å². The Morgan fingerprint density at radius 3 is 2.33 bits per heavy atom. The van der Waals surface area contributed by atoms with E-state index < -0.39 is 27.3 Å². The molecule has 1 aliphatic heterocycles. The van der Waals surface area contributed by atoms with Gasteiger partial charge in [-0.25, -0.2) is 12.7 Å². The molecule has 0 bridgehead atoms. The highest BCUT2D eigenvalue weighted by molar-refractivity contribution is 7.94. The average molecular weight is 451 g/mol. The van der Waals surface area contributed by atoms with Gasteiger partial charge in [-0.05, 0) is 70.2 Å². The standard InChI is InChI=1S/C21H23ClN2O5S/c1-13(2)29-16-8-6-15(7-9-16)23-19(25)14-5-10-17(22)18(11-14)24-20(26)21(3,4)12-30(24,27)28/h5-11,13H,12H2,1-4H3,(H,23,25). The number of anilines is 2. The van der Waals surface area contributed by atoms with Gasteiger partial charge in [0.2, 0.25) is 15.9 Å². The Kier molecular flexibility index (Phi) is 5.84. The third-order valence-corrected chi connectivity index (χ3v) is 6.82. The number of sulfonamides is 1. The van der Waals surface area contributed by atoms with Gasteiger partial charge in [0.05, 0.1) is 28.0 Å². The van der Waals surface area contributed by atoms with Gasteiger partial charge >= 0.3 is 0 Å². The molecule has 1 fully saturated rings. The zero-order valence-corrected chi connectivity index (χ0v) is 18.7. The molecule has 0 spiro atoms. The summed E-state index contributed by atoms with van der Waals surface area (Å²) in [6, 6.07) is 11.0. The van der Waals surface area contributed by atoms with E-state index in [0.717, 1.165) is 0 Å². The van der Waals surface area contributed by atoms with Crippen molar-refractivity contribution in [3.05, 3.63) is 53.1 Å². The molecule has 0 radical (unpaired) electrons. The van der Waals surface area contributed by atoms with Crippen LogP contribution in [0.2, 0.25) is 5.02 Å². The zero-order chi connectivity index (χ0) is 22.3. The lowest BCUT2D eigenvalue weighted by atomic mass is 9.95. The van der Waals surface area contributed by atoms with Gasteiger partial charge in [0.25, 0.3) is 5.91 Å². The van der Waals surface area contributed by atoms with Crippen LogP contribution in [0.1, 0.15) is 38.1 Å². The van der Waals surface area contributed by atoms with Crippen LogP contribution in [0.4, 0.5) is 11.4 Å². The second-order valence-corrected chi connectivity index (χ2v) is 10.2. The Morgan fingerprint density at radius 1 is 1.17 bits per heavy atom. The van der Waals surface area contributed by atoms with Crippen LogP contribution in [0, 0.1) is 5.41 Å². The highest BCUT2D eigenvalue weighted by atomic mass is 35.5. The summed E-state index contributed by atoms with van der Waals surface area (Å²) in [5.74, 6) is -0.690. The van der Waals surface area contributed by atoms with Crippen molar-refractivity contribution in [2.75, 3.05) is 15.4 Å². The summed E-state index contributed by atoms with van der Waals surface area (Å²) >= 11 is 6.18. The monoisotopic (exact) mass is 450 g/mol. The van der Waals surface area contributed by atoms with Crippen molar-refractivity contribution in [3.63, 3.8) is 0 Å². The molecular formula is C21H23ClN2O5S. The molecule has 9 heteroatoms. The van der Waals surface area contributed by atoms with Crippen LogP contribution in [-0.2, 0) is 14.8 Å². The van der Waals surface area contributed by atoms with Gasteiger partial charge in [-0.15, -0.1) is 0 Å². The van der Waals surface area contributed by atoms with Crippen LogP contribution in [0.25, 0.3) is 0 Å². The second-order valence-electron chi connectivity index (χ2n) is 8.02. The number of hydrogen-bond acceptors (Lipinski definition) is 5. The molecule has 1 heterocycles. The zero-order valence-electron chi connectivity index (χ0n) is 17.1. The van der Waals surface area contributed by atoms with Gasteiger partial charge in [0, 0.05) is 11.3 Å². The van der Waals surface area contributed by atoms with E-state index in [4.69, 9.17) is 16.3 Å². The van der Waals surface area contributed by atoms with E-state index >= 15 is 0 Å². The SMILES string of the molecule is CC(C)Oc1ccc(NC(=O)c2ccc(Cl)c(N3C(=O)C(C)(C)CS3(=O)=O)c2)cc1. The van der Waals surface area contributed by atoms with Gasteiger partial charge in [0.1, 0.15) is 5.75 Å². The van der Waals surface area contributed by atoms with E-state index in [1.165, 1.54) is 18.2 Å². The molecule has 2 aromatic rings. The predicted molar refractivity (Wildman–Crippen MR) is 117 cm³/mol.